The minimum Gasteiger partial charge on any atom is -0.339 e. The van der Waals surface area contributed by atoms with Gasteiger partial charge in [0.15, 0.2) is 5.82 Å². The van der Waals surface area contributed by atoms with Crippen molar-refractivity contribution in [3.8, 4) is 11.4 Å². The molecule has 106 valence electrons. The highest BCUT2D eigenvalue weighted by molar-refractivity contribution is 5.54. The molecule has 0 saturated carbocycles. The number of aromatic amines is 1. The summed E-state index contributed by atoms with van der Waals surface area (Å²) in [6, 6.07) is 3.89. The number of H-pyrrole nitrogens is 1. The van der Waals surface area contributed by atoms with Crippen LogP contribution in [0.5, 0.6) is 0 Å². The molecule has 6 heteroatoms. The minimum atomic E-state index is 0.675. The highest BCUT2D eigenvalue weighted by Gasteiger charge is 2.22. The molecule has 3 rings (SSSR count). The van der Waals surface area contributed by atoms with Gasteiger partial charge >= 0.3 is 0 Å². The molecule has 0 bridgehead atoms. The average Bonchev–Trinajstić information content (AvgIpc) is 2.99. The van der Waals surface area contributed by atoms with Gasteiger partial charge in [0.05, 0.1) is 0 Å². The number of hydrogen-bond acceptors (Lipinski definition) is 5. The molecular weight excluding hydrogens is 252 g/mol. The van der Waals surface area contributed by atoms with E-state index in [1.165, 1.54) is 12.8 Å². The summed E-state index contributed by atoms with van der Waals surface area (Å²) in [6.07, 6.45) is 6.03. The van der Waals surface area contributed by atoms with E-state index in [-0.39, 0.29) is 0 Å². The largest absolute Gasteiger partial charge is 0.339 e. The van der Waals surface area contributed by atoms with Gasteiger partial charge in [0.2, 0.25) is 5.95 Å². The zero-order chi connectivity index (χ0) is 13.8. The molecule has 20 heavy (non-hydrogen) atoms. The van der Waals surface area contributed by atoms with E-state index >= 15 is 0 Å². The number of anilines is 1. The third-order valence-electron chi connectivity index (χ3n) is 3.70. The Balaban J connectivity index is 1.73. The predicted octanol–water partition coefficient (Wildman–Crippen LogP) is 1.30. The first-order chi connectivity index (χ1) is 9.86. The molecule has 3 heterocycles. The van der Waals surface area contributed by atoms with Crippen molar-refractivity contribution in [1.82, 2.24) is 25.5 Å². The molecule has 1 aliphatic heterocycles. The quantitative estimate of drug-likeness (QED) is 0.878. The SMILES string of the molecule is CNCC1CCCN(c2n[nH]c(-c3cccnc3)n2)C1. The van der Waals surface area contributed by atoms with Gasteiger partial charge in [0.1, 0.15) is 0 Å². The summed E-state index contributed by atoms with van der Waals surface area (Å²) in [4.78, 5) is 11.0. The van der Waals surface area contributed by atoms with E-state index in [0.29, 0.717) is 5.92 Å². The second kappa shape index (κ2) is 6.00. The Morgan fingerprint density at radius 1 is 1.50 bits per heavy atom. The lowest BCUT2D eigenvalue weighted by atomic mass is 9.98. The van der Waals surface area contributed by atoms with Gasteiger partial charge in [-0.3, -0.25) is 10.1 Å². The van der Waals surface area contributed by atoms with Crippen LogP contribution in [0.15, 0.2) is 24.5 Å². The highest BCUT2D eigenvalue weighted by atomic mass is 15.4. The van der Waals surface area contributed by atoms with Gasteiger partial charge in [-0.2, -0.15) is 4.98 Å². The van der Waals surface area contributed by atoms with Gasteiger partial charge in [0.25, 0.3) is 0 Å². The van der Waals surface area contributed by atoms with E-state index in [4.69, 9.17) is 0 Å². The molecule has 0 aromatic carbocycles. The highest BCUT2D eigenvalue weighted by Crippen LogP contribution is 2.22. The summed E-state index contributed by atoms with van der Waals surface area (Å²) in [5, 5.41) is 10.6. The fourth-order valence-electron chi connectivity index (χ4n) is 2.73. The lowest BCUT2D eigenvalue weighted by Gasteiger charge is -2.31. The maximum Gasteiger partial charge on any atom is 0.245 e. The van der Waals surface area contributed by atoms with Crippen LogP contribution in [0.4, 0.5) is 5.95 Å². The molecule has 1 atom stereocenters. The van der Waals surface area contributed by atoms with E-state index in [1.807, 2.05) is 19.2 Å². The number of piperidine rings is 1. The van der Waals surface area contributed by atoms with Crippen LogP contribution < -0.4 is 10.2 Å². The van der Waals surface area contributed by atoms with Crippen molar-refractivity contribution in [2.24, 2.45) is 5.92 Å². The van der Waals surface area contributed by atoms with Crippen molar-refractivity contribution in [3.63, 3.8) is 0 Å². The van der Waals surface area contributed by atoms with E-state index in [0.717, 1.165) is 37.0 Å². The van der Waals surface area contributed by atoms with Gasteiger partial charge < -0.3 is 10.2 Å². The van der Waals surface area contributed by atoms with Crippen LogP contribution in [0.25, 0.3) is 11.4 Å². The smallest absolute Gasteiger partial charge is 0.245 e. The maximum atomic E-state index is 4.60. The third-order valence-corrected chi connectivity index (χ3v) is 3.70. The Kier molecular flexibility index (Phi) is 3.92. The number of rotatable bonds is 4. The number of nitrogens with zero attached hydrogens (tertiary/aromatic N) is 4. The molecule has 1 fully saturated rings. The van der Waals surface area contributed by atoms with Crippen LogP contribution >= 0.6 is 0 Å². The van der Waals surface area contributed by atoms with Gasteiger partial charge in [-0.05, 0) is 44.5 Å². The zero-order valence-corrected chi connectivity index (χ0v) is 11.7. The van der Waals surface area contributed by atoms with E-state index < -0.39 is 0 Å². The molecular formula is C14H20N6. The third kappa shape index (κ3) is 2.80. The van der Waals surface area contributed by atoms with E-state index in [1.54, 1.807) is 12.4 Å². The summed E-state index contributed by atoms with van der Waals surface area (Å²) >= 11 is 0. The average molecular weight is 272 g/mol. The Labute approximate surface area is 118 Å². The second-order valence-electron chi connectivity index (χ2n) is 5.24. The summed E-state index contributed by atoms with van der Waals surface area (Å²) < 4.78 is 0. The molecule has 2 N–H and O–H groups in total. The second-order valence-corrected chi connectivity index (χ2v) is 5.24. The van der Waals surface area contributed by atoms with Gasteiger partial charge in [0, 0.05) is 31.0 Å². The van der Waals surface area contributed by atoms with Crippen molar-refractivity contribution < 1.29 is 0 Å². The predicted molar refractivity (Wildman–Crippen MR) is 78.5 cm³/mol. The minimum absolute atomic E-state index is 0.675. The summed E-state index contributed by atoms with van der Waals surface area (Å²) in [7, 11) is 2.01. The first-order valence-corrected chi connectivity index (χ1v) is 7.09. The van der Waals surface area contributed by atoms with Crippen LogP contribution in [-0.4, -0.2) is 46.8 Å². The Morgan fingerprint density at radius 3 is 3.25 bits per heavy atom. The van der Waals surface area contributed by atoms with E-state index in [2.05, 4.69) is 30.4 Å². The fraction of sp³-hybridized carbons (Fsp3) is 0.500. The van der Waals surface area contributed by atoms with Crippen molar-refractivity contribution >= 4 is 5.95 Å². The normalized spacial score (nSPS) is 19.2. The Hall–Kier alpha value is -1.95. The van der Waals surface area contributed by atoms with E-state index in [9.17, 15) is 0 Å². The number of aromatic nitrogens is 4. The molecule has 0 amide bonds. The van der Waals surface area contributed by atoms with Crippen molar-refractivity contribution in [3.05, 3.63) is 24.5 Å². The number of pyridine rings is 1. The lowest BCUT2D eigenvalue weighted by Crippen LogP contribution is -2.39. The molecule has 0 spiro atoms. The Morgan fingerprint density at radius 2 is 2.45 bits per heavy atom. The van der Waals surface area contributed by atoms with Crippen molar-refractivity contribution in [1.29, 1.82) is 0 Å². The zero-order valence-electron chi connectivity index (χ0n) is 11.7. The summed E-state index contributed by atoms with van der Waals surface area (Å²) in [5.74, 6) is 2.25. The molecule has 0 aliphatic carbocycles. The maximum absolute atomic E-state index is 4.60. The van der Waals surface area contributed by atoms with Crippen LogP contribution in [-0.2, 0) is 0 Å². The molecule has 1 saturated heterocycles. The van der Waals surface area contributed by atoms with Gasteiger partial charge in [-0.15, -0.1) is 5.10 Å². The first kappa shape index (κ1) is 13.1. The first-order valence-electron chi connectivity index (χ1n) is 7.09. The fourth-order valence-corrected chi connectivity index (χ4v) is 2.73. The lowest BCUT2D eigenvalue weighted by molar-refractivity contribution is 0.399. The summed E-state index contributed by atoms with van der Waals surface area (Å²) in [5.41, 5.74) is 0.968. The molecule has 1 unspecified atom stereocenters. The molecule has 2 aromatic rings. The van der Waals surface area contributed by atoms with Gasteiger partial charge in [-0.25, -0.2) is 0 Å². The van der Waals surface area contributed by atoms with Crippen molar-refractivity contribution in [2.75, 3.05) is 31.6 Å². The Bertz CT molecular complexity index is 536. The standard InChI is InChI=1S/C14H20N6/c1-15-8-11-4-3-7-20(10-11)14-17-13(18-19-14)12-5-2-6-16-9-12/h2,5-6,9,11,15H,3-4,7-8,10H2,1H3,(H,17,18,19). The van der Waals surface area contributed by atoms with Crippen molar-refractivity contribution in [2.45, 2.75) is 12.8 Å². The number of nitrogens with one attached hydrogen (secondary N) is 2. The van der Waals surface area contributed by atoms with Crippen LogP contribution in [0.2, 0.25) is 0 Å². The monoisotopic (exact) mass is 272 g/mol. The molecule has 0 radical (unpaired) electrons. The number of hydrogen-bond donors (Lipinski definition) is 2. The van der Waals surface area contributed by atoms with Crippen LogP contribution in [0.3, 0.4) is 0 Å². The van der Waals surface area contributed by atoms with Crippen LogP contribution in [0.1, 0.15) is 12.8 Å². The van der Waals surface area contributed by atoms with Gasteiger partial charge in [-0.1, -0.05) is 0 Å². The molecule has 6 nitrogen and oxygen atoms in total. The molecule has 1 aliphatic rings. The summed E-state index contributed by atoms with van der Waals surface area (Å²) in [6.45, 7) is 3.10. The topological polar surface area (TPSA) is 69.7 Å². The molecule has 2 aromatic heterocycles. The van der Waals surface area contributed by atoms with Crippen LogP contribution in [0, 0.1) is 5.92 Å².